The quantitative estimate of drug-likeness (QED) is 0.0128. The molecular formula is C52H75N6O24P2S4+. The van der Waals surface area contributed by atoms with E-state index in [-0.39, 0.29) is 73.2 Å². The molecule has 1 aromatic heterocycles. The van der Waals surface area contributed by atoms with Crippen LogP contribution >= 0.6 is 15.6 Å². The van der Waals surface area contributed by atoms with E-state index in [0.29, 0.717) is 85.5 Å². The molecule has 3 aromatic rings. The van der Waals surface area contributed by atoms with E-state index >= 15 is 0 Å². The maximum Gasteiger partial charge on any atom is 0.472 e. The highest BCUT2D eigenvalue weighted by Crippen LogP contribution is 2.52. The van der Waals surface area contributed by atoms with E-state index in [9.17, 15) is 90.4 Å². The fraction of sp³-hybridized carbons (Fsp3) is 0.538. The molecular weight excluding hydrogens is 1280 g/mol. The van der Waals surface area contributed by atoms with E-state index in [0.717, 1.165) is 10.8 Å². The third kappa shape index (κ3) is 20.0. The smallest absolute Gasteiger partial charge is 0.386 e. The monoisotopic (exact) mass is 1360 g/mol. The Kier molecular flexibility index (Phi) is 24.2. The first-order valence-corrected chi connectivity index (χ1v) is 36.9. The van der Waals surface area contributed by atoms with Crippen molar-refractivity contribution in [3.63, 3.8) is 0 Å². The number of carbonyl (C=O) groups excluding carboxylic acids is 1. The predicted octanol–water partition coefficient (Wildman–Crippen LogP) is 4.61. The number of phosphoric acid groups is 2. The van der Waals surface area contributed by atoms with Crippen molar-refractivity contribution in [2.45, 2.75) is 143 Å². The molecule has 1 fully saturated rings. The summed E-state index contributed by atoms with van der Waals surface area (Å²) in [6.07, 6.45) is 7.24. The number of nitrogen functional groups attached to an aromatic ring is 1. The summed E-state index contributed by atoms with van der Waals surface area (Å²) >= 11 is 0. The lowest BCUT2D eigenvalue weighted by atomic mass is 9.77. The van der Waals surface area contributed by atoms with Gasteiger partial charge in [0.05, 0.1) is 39.9 Å². The second kappa shape index (κ2) is 29.6. The third-order valence-electron chi connectivity index (χ3n) is 15.0. The molecule has 0 bridgehead atoms. The molecule has 0 aliphatic carbocycles. The first-order chi connectivity index (χ1) is 40.8. The lowest BCUT2D eigenvalue weighted by Crippen LogP contribution is -2.37. The Morgan fingerprint density at radius 1 is 0.795 bits per heavy atom. The van der Waals surface area contributed by atoms with Gasteiger partial charge in [-0.05, 0) is 107 Å². The summed E-state index contributed by atoms with van der Waals surface area (Å²) in [5, 5.41) is 13.8. The minimum Gasteiger partial charge on any atom is -0.386 e. The zero-order valence-electron chi connectivity index (χ0n) is 48.3. The van der Waals surface area contributed by atoms with Crippen LogP contribution in [0.25, 0.3) is 0 Å². The summed E-state index contributed by atoms with van der Waals surface area (Å²) in [4.78, 5) is 59.0. The summed E-state index contributed by atoms with van der Waals surface area (Å²) in [6, 6.07) is 9.47. The fourth-order valence-electron chi connectivity index (χ4n) is 10.8. The molecule has 4 heterocycles. The SMILES string of the molecule is CC1(C)C(C=CC=CC=C2N(CCCCCC(=O)NCCCCCCOP(=O)(O)O[C@H]3[C@@H](O)[C@H](n4ccc(N)nc4=O)O[C@@H]3COP(=O)(O)O)c3ccc(S(=O)(=O)O)cc3C2(C)CCCCS(=O)(=O)O)=[N+](CCCS(=O)(=O)O)c2ccc(S(=O)(=O)O)cc21. The van der Waals surface area contributed by atoms with E-state index in [1.165, 1.54) is 36.4 Å². The van der Waals surface area contributed by atoms with Gasteiger partial charge in [0.2, 0.25) is 11.6 Å². The molecule has 1 amide bonds. The van der Waals surface area contributed by atoms with E-state index in [2.05, 4.69) is 14.8 Å². The summed E-state index contributed by atoms with van der Waals surface area (Å²) in [7, 11) is -27.9. The number of nitrogens with one attached hydrogen (secondary N) is 1. The first-order valence-electron chi connectivity index (χ1n) is 27.7. The van der Waals surface area contributed by atoms with Crippen LogP contribution in [0.15, 0.2) is 99.3 Å². The summed E-state index contributed by atoms with van der Waals surface area (Å²) < 4.78 is 182. The number of rotatable bonds is 34. The van der Waals surface area contributed by atoms with Gasteiger partial charge in [0.15, 0.2) is 11.9 Å². The first kappa shape index (κ1) is 72.1. The Balaban J connectivity index is 1.06. The topological polar surface area (TPSA) is 466 Å². The highest BCUT2D eigenvalue weighted by Gasteiger charge is 2.50. The van der Waals surface area contributed by atoms with E-state index in [4.69, 9.17) is 19.5 Å². The Morgan fingerprint density at radius 3 is 2.08 bits per heavy atom. The van der Waals surface area contributed by atoms with Crippen molar-refractivity contribution in [2.24, 2.45) is 0 Å². The maximum absolute atomic E-state index is 12.9. The number of amides is 1. The van der Waals surface area contributed by atoms with Crippen molar-refractivity contribution in [1.29, 1.82) is 0 Å². The number of benzene rings is 2. The van der Waals surface area contributed by atoms with Crippen molar-refractivity contribution >= 4 is 84.9 Å². The van der Waals surface area contributed by atoms with Gasteiger partial charge < -0.3 is 40.5 Å². The number of ether oxygens (including phenoxy) is 1. The van der Waals surface area contributed by atoms with Crippen LogP contribution in [0, 0.1) is 0 Å². The molecule has 490 valence electrons. The number of carbonyl (C=O) groups is 1. The van der Waals surface area contributed by atoms with Crippen LogP contribution in [0.4, 0.5) is 17.2 Å². The molecule has 3 aliphatic heterocycles. The molecule has 3 aliphatic rings. The minimum atomic E-state index is -5.08. The number of hydrogen-bond acceptors (Lipinski definition) is 20. The van der Waals surface area contributed by atoms with Gasteiger partial charge >= 0.3 is 21.3 Å². The van der Waals surface area contributed by atoms with Gasteiger partial charge in [-0.15, -0.1) is 0 Å². The molecule has 1 saturated heterocycles. The zero-order valence-corrected chi connectivity index (χ0v) is 53.3. The molecule has 2 aromatic carbocycles. The number of aromatic nitrogens is 2. The van der Waals surface area contributed by atoms with Crippen LogP contribution in [0.5, 0.6) is 0 Å². The van der Waals surface area contributed by atoms with Gasteiger partial charge in [-0.1, -0.05) is 43.9 Å². The standard InChI is InChI=1S/C52H74N6O24P2S4/c1-51(2)38-33-36(87(73,74)75)20-22-40(38)56(28-16-32-86(70,71)72)43(51)17-8-6-9-18-44-52(3,25-11-15-31-85(67,68)69)39-34-37(88(76,77)78)21-23-41(39)57(44)27-13-7-10-19-46(59)54-26-12-4-5-14-30-79-84(65,66)82-48-42(35-80-83(62,63)64)81-49(47(48)60)58-29-24-45(53)55-50(58)61/h6,8-9,17-18,20-24,29,33-34,42,47-49,60H,4-5,7,10-16,19,25-28,30-32,35H2,1-3H3,(H9-,53,54,55,59,61,62,63,64,65,66,67,68,69,70,71,72,73,74,75,76,77,78)/p+1/t42-,47-,48-,49-,52?/m1/s1. The highest BCUT2D eigenvalue weighted by molar-refractivity contribution is 7.86. The van der Waals surface area contributed by atoms with E-state index in [1.54, 1.807) is 41.0 Å². The lowest BCUT2D eigenvalue weighted by Gasteiger charge is -2.30. The number of nitrogens with zero attached hydrogens (tertiary/aromatic N) is 4. The Morgan fingerprint density at radius 2 is 1.43 bits per heavy atom. The third-order valence-corrected chi connectivity index (χ3v) is 19.9. The van der Waals surface area contributed by atoms with Gasteiger partial charge in [0.25, 0.3) is 40.5 Å². The number of anilines is 2. The molecule has 6 rings (SSSR count). The number of allylic oxidation sites excluding steroid dienone is 6. The Labute approximate surface area is 510 Å². The number of nitrogens with two attached hydrogens (primary N) is 1. The van der Waals surface area contributed by atoms with Crippen LogP contribution in [0.1, 0.15) is 115 Å². The molecule has 36 heteroatoms. The van der Waals surface area contributed by atoms with E-state index < -0.39 is 115 Å². The molecule has 30 nitrogen and oxygen atoms in total. The molecule has 0 saturated carbocycles. The zero-order chi connectivity index (χ0) is 65.3. The summed E-state index contributed by atoms with van der Waals surface area (Å²) in [6.45, 7) is 5.07. The average Bonchev–Trinajstić information content (AvgIpc) is 1.60. The number of fused-ring (bicyclic) bond motifs is 2. The second-order valence-corrected chi connectivity index (χ2v) is 30.6. The van der Waals surface area contributed by atoms with Gasteiger partial charge in [-0.3, -0.25) is 41.1 Å². The van der Waals surface area contributed by atoms with Crippen molar-refractivity contribution in [3.05, 3.63) is 106 Å². The van der Waals surface area contributed by atoms with Crippen LogP contribution < -0.4 is 21.6 Å². The maximum atomic E-state index is 12.9. The number of aliphatic hydroxyl groups is 1. The van der Waals surface area contributed by atoms with Gasteiger partial charge in [-0.25, -0.2) is 13.9 Å². The number of phosphoric ester groups is 2. The highest BCUT2D eigenvalue weighted by atomic mass is 32.2. The van der Waals surface area contributed by atoms with Crippen LogP contribution in [0.2, 0.25) is 0 Å². The number of aliphatic hydroxyl groups excluding tert-OH is 1. The predicted molar refractivity (Wildman–Crippen MR) is 319 cm³/mol. The fourth-order valence-corrected chi connectivity index (χ4v) is 14.2. The van der Waals surface area contributed by atoms with Crippen molar-refractivity contribution in [2.75, 3.05) is 55.0 Å². The van der Waals surface area contributed by atoms with Gasteiger partial charge in [0.1, 0.15) is 30.7 Å². The summed E-state index contributed by atoms with van der Waals surface area (Å²) in [5.74, 6) is -1.43. The van der Waals surface area contributed by atoms with E-state index in [1.807, 2.05) is 25.7 Å². The summed E-state index contributed by atoms with van der Waals surface area (Å²) in [5.41, 5.74) is 6.18. The number of unbranched alkanes of at least 4 members (excludes halogenated alkanes) is 6. The molecule has 11 N–H and O–H groups in total. The molecule has 6 atom stereocenters. The van der Waals surface area contributed by atoms with Gasteiger partial charge in [-0.2, -0.15) is 43.2 Å². The lowest BCUT2D eigenvalue weighted by molar-refractivity contribution is -0.437. The van der Waals surface area contributed by atoms with Crippen molar-refractivity contribution < 1.29 is 108 Å². The normalized spacial score (nSPS) is 21.9. The van der Waals surface area contributed by atoms with Crippen LogP contribution in [-0.2, 0) is 83.5 Å². The Hall–Kier alpha value is -4.94. The number of hydrogen-bond donors (Lipinski definition) is 10. The van der Waals surface area contributed by atoms with Gasteiger partial charge in [0, 0.05) is 66.6 Å². The average molecular weight is 1360 g/mol. The molecule has 88 heavy (non-hydrogen) atoms. The second-order valence-electron chi connectivity index (χ2n) is 22.0. The van der Waals surface area contributed by atoms with Crippen molar-refractivity contribution in [1.82, 2.24) is 14.9 Å². The Bertz CT molecular complexity index is 3800. The van der Waals surface area contributed by atoms with Crippen LogP contribution in [-0.4, -0.2) is 160 Å². The van der Waals surface area contributed by atoms with Crippen LogP contribution in [0.3, 0.4) is 0 Å². The van der Waals surface area contributed by atoms with Crippen molar-refractivity contribution in [3.8, 4) is 0 Å². The molecule has 0 spiro atoms. The molecule has 0 radical (unpaired) electrons. The molecule has 2 unspecified atom stereocenters. The minimum absolute atomic E-state index is 0.00492. The largest absolute Gasteiger partial charge is 0.472 e.